The summed E-state index contributed by atoms with van der Waals surface area (Å²) in [5.41, 5.74) is 2.32. The first-order chi connectivity index (χ1) is 12.7. The van der Waals surface area contributed by atoms with E-state index in [0.29, 0.717) is 16.4 Å². The van der Waals surface area contributed by atoms with Crippen LogP contribution in [0.2, 0.25) is 5.02 Å². The molecule has 1 N–H and O–H groups in total. The predicted molar refractivity (Wildman–Crippen MR) is 106 cm³/mol. The summed E-state index contributed by atoms with van der Waals surface area (Å²) < 4.78 is 25.1. The maximum atomic E-state index is 12.6. The van der Waals surface area contributed by atoms with Gasteiger partial charge in [0.15, 0.2) is 9.84 Å². The average Bonchev–Trinajstić information content (AvgIpc) is 2.91. The van der Waals surface area contributed by atoms with Gasteiger partial charge < -0.3 is 9.88 Å². The summed E-state index contributed by atoms with van der Waals surface area (Å²) in [5.74, 6) is -0.0924. The van der Waals surface area contributed by atoms with Crippen molar-refractivity contribution in [3.8, 4) is 0 Å². The molecule has 3 rings (SSSR count). The molecule has 6 nitrogen and oxygen atoms in total. The summed E-state index contributed by atoms with van der Waals surface area (Å²) in [5, 5.41) is 3.56. The number of imidazole rings is 1. The molecule has 1 amide bonds. The Hall–Kier alpha value is -2.38. The van der Waals surface area contributed by atoms with Crippen molar-refractivity contribution in [3.05, 3.63) is 64.9 Å². The summed E-state index contributed by atoms with van der Waals surface area (Å²) in [6.07, 6.45) is 1.15. The third-order valence-electron chi connectivity index (χ3n) is 4.17. The average molecular weight is 406 g/mol. The van der Waals surface area contributed by atoms with E-state index in [1.165, 1.54) is 0 Å². The van der Waals surface area contributed by atoms with Crippen molar-refractivity contribution in [2.45, 2.75) is 25.3 Å². The number of nitrogens with zero attached hydrogens (tertiary/aromatic N) is 2. The summed E-state index contributed by atoms with van der Waals surface area (Å²) in [4.78, 5) is 17.0. The van der Waals surface area contributed by atoms with Crippen molar-refractivity contribution in [3.63, 3.8) is 0 Å². The maximum Gasteiger partial charge on any atom is 0.240 e. The molecule has 0 aliphatic rings. The van der Waals surface area contributed by atoms with Crippen molar-refractivity contribution in [2.75, 3.05) is 6.26 Å². The van der Waals surface area contributed by atoms with Crippen LogP contribution in [0.5, 0.6) is 0 Å². The van der Waals surface area contributed by atoms with Crippen molar-refractivity contribution < 1.29 is 13.2 Å². The number of carbonyl (C=O) groups excluding carboxylic acids is 1. The molecule has 1 heterocycles. The van der Waals surface area contributed by atoms with E-state index < -0.39 is 9.84 Å². The molecular weight excluding hydrogens is 386 g/mol. The van der Waals surface area contributed by atoms with Gasteiger partial charge >= 0.3 is 0 Å². The van der Waals surface area contributed by atoms with Crippen LogP contribution >= 0.6 is 11.6 Å². The minimum Gasteiger partial charge on any atom is -0.348 e. The first-order valence-electron chi connectivity index (χ1n) is 8.39. The van der Waals surface area contributed by atoms with E-state index in [1.54, 1.807) is 22.8 Å². The van der Waals surface area contributed by atoms with E-state index in [2.05, 4.69) is 10.3 Å². The second-order valence-corrected chi connectivity index (χ2v) is 9.09. The lowest BCUT2D eigenvalue weighted by Crippen LogP contribution is -2.30. The molecule has 8 heteroatoms. The highest BCUT2D eigenvalue weighted by molar-refractivity contribution is 7.89. The van der Waals surface area contributed by atoms with E-state index in [0.717, 1.165) is 17.3 Å². The summed E-state index contributed by atoms with van der Waals surface area (Å²) in [6.45, 7) is 1.87. The van der Waals surface area contributed by atoms with Gasteiger partial charge in [0.25, 0.3) is 0 Å². The van der Waals surface area contributed by atoms with Crippen LogP contribution in [0.3, 0.4) is 0 Å². The number of hydrogen-bond acceptors (Lipinski definition) is 4. The molecule has 1 atom stereocenters. The number of carbonyl (C=O) groups is 1. The number of aromatic nitrogens is 2. The lowest BCUT2D eigenvalue weighted by atomic mass is 10.1. The smallest absolute Gasteiger partial charge is 0.240 e. The Morgan fingerprint density at radius 1 is 1.19 bits per heavy atom. The Balaban J connectivity index is 1.83. The maximum absolute atomic E-state index is 12.6. The van der Waals surface area contributed by atoms with Gasteiger partial charge in [0.1, 0.15) is 18.1 Å². The van der Waals surface area contributed by atoms with Gasteiger partial charge in [-0.2, -0.15) is 0 Å². The van der Waals surface area contributed by atoms with Crippen LogP contribution in [0.25, 0.3) is 11.0 Å². The Labute approximate surface area is 163 Å². The SMILES string of the molecule is C[C@@H](NC(=O)Cn1c(CS(C)(=O)=O)nc2ccccc21)c1ccc(Cl)cc1. The molecular formula is C19H20ClN3O3S. The number of benzene rings is 2. The minimum atomic E-state index is -3.28. The standard InChI is InChI=1S/C19H20ClN3O3S/c1-13(14-7-9-15(20)10-8-14)21-19(24)11-23-17-6-4-3-5-16(17)22-18(23)12-27(2,25)26/h3-10,13H,11-12H2,1-2H3,(H,21,24)/t13-/m1/s1. The van der Waals surface area contributed by atoms with Crippen LogP contribution in [0.15, 0.2) is 48.5 Å². The van der Waals surface area contributed by atoms with Crippen molar-refractivity contribution in [1.29, 1.82) is 0 Å². The molecule has 1 aromatic heterocycles. The molecule has 0 saturated carbocycles. The lowest BCUT2D eigenvalue weighted by molar-refractivity contribution is -0.122. The van der Waals surface area contributed by atoms with Crippen LogP contribution in [-0.4, -0.2) is 30.1 Å². The van der Waals surface area contributed by atoms with Crippen molar-refractivity contribution in [2.24, 2.45) is 0 Å². The molecule has 3 aromatic rings. The molecule has 0 saturated heterocycles. The highest BCUT2D eigenvalue weighted by atomic mass is 35.5. The minimum absolute atomic E-state index is 0.0106. The van der Waals surface area contributed by atoms with Gasteiger partial charge in [0.2, 0.25) is 5.91 Å². The first kappa shape index (κ1) is 19.4. The van der Waals surface area contributed by atoms with Crippen LogP contribution in [0.1, 0.15) is 24.4 Å². The quantitative estimate of drug-likeness (QED) is 0.683. The van der Waals surface area contributed by atoms with Gasteiger partial charge in [-0.25, -0.2) is 13.4 Å². The number of halogens is 1. The highest BCUT2D eigenvalue weighted by Crippen LogP contribution is 2.19. The fourth-order valence-corrected chi connectivity index (χ4v) is 3.73. The number of rotatable bonds is 6. The number of para-hydroxylation sites is 2. The molecule has 0 spiro atoms. The highest BCUT2D eigenvalue weighted by Gasteiger charge is 2.18. The van der Waals surface area contributed by atoms with E-state index in [4.69, 9.17) is 11.6 Å². The number of amides is 1. The molecule has 0 unspecified atom stereocenters. The number of fused-ring (bicyclic) bond motifs is 1. The number of sulfone groups is 1. The molecule has 142 valence electrons. The first-order valence-corrected chi connectivity index (χ1v) is 10.8. The molecule has 0 aliphatic carbocycles. The molecule has 27 heavy (non-hydrogen) atoms. The molecule has 0 bridgehead atoms. The van der Waals surface area contributed by atoms with Crippen LogP contribution in [-0.2, 0) is 26.9 Å². The lowest BCUT2D eigenvalue weighted by Gasteiger charge is -2.16. The largest absolute Gasteiger partial charge is 0.348 e. The van der Waals surface area contributed by atoms with Crippen LogP contribution < -0.4 is 5.32 Å². The molecule has 0 fully saturated rings. The Kier molecular flexibility index (Phi) is 5.53. The number of nitrogens with one attached hydrogen (secondary N) is 1. The monoisotopic (exact) mass is 405 g/mol. The molecule has 0 aliphatic heterocycles. The zero-order chi connectivity index (χ0) is 19.6. The molecule has 2 aromatic carbocycles. The fourth-order valence-electron chi connectivity index (χ4n) is 2.91. The van der Waals surface area contributed by atoms with Gasteiger partial charge in [-0.05, 0) is 36.8 Å². The van der Waals surface area contributed by atoms with Gasteiger partial charge in [-0.15, -0.1) is 0 Å². The predicted octanol–water partition coefficient (Wildman–Crippen LogP) is 3.11. The summed E-state index contributed by atoms with van der Waals surface area (Å²) in [7, 11) is -3.28. The van der Waals surface area contributed by atoms with E-state index >= 15 is 0 Å². The Morgan fingerprint density at radius 2 is 1.85 bits per heavy atom. The Bertz CT molecular complexity index is 1080. The van der Waals surface area contributed by atoms with Gasteiger partial charge in [-0.1, -0.05) is 35.9 Å². The zero-order valence-electron chi connectivity index (χ0n) is 15.0. The van der Waals surface area contributed by atoms with Crippen LogP contribution in [0, 0.1) is 0 Å². The van der Waals surface area contributed by atoms with E-state index in [9.17, 15) is 13.2 Å². The summed E-state index contributed by atoms with van der Waals surface area (Å²) in [6, 6.07) is 14.3. The topological polar surface area (TPSA) is 81.1 Å². The van der Waals surface area contributed by atoms with E-state index in [1.807, 2.05) is 37.3 Å². The Morgan fingerprint density at radius 3 is 2.52 bits per heavy atom. The van der Waals surface area contributed by atoms with Gasteiger partial charge in [-0.3, -0.25) is 4.79 Å². The third kappa shape index (κ3) is 4.87. The van der Waals surface area contributed by atoms with Gasteiger partial charge in [0, 0.05) is 11.3 Å². The van der Waals surface area contributed by atoms with Crippen LogP contribution in [0.4, 0.5) is 0 Å². The zero-order valence-corrected chi connectivity index (χ0v) is 16.6. The summed E-state index contributed by atoms with van der Waals surface area (Å²) >= 11 is 5.90. The van der Waals surface area contributed by atoms with Crippen molar-refractivity contribution >= 4 is 38.4 Å². The molecule has 0 radical (unpaired) electrons. The van der Waals surface area contributed by atoms with E-state index in [-0.39, 0.29) is 24.2 Å². The van der Waals surface area contributed by atoms with Crippen molar-refractivity contribution in [1.82, 2.24) is 14.9 Å². The number of hydrogen-bond donors (Lipinski definition) is 1. The van der Waals surface area contributed by atoms with Gasteiger partial charge in [0.05, 0.1) is 17.1 Å². The third-order valence-corrected chi connectivity index (χ3v) is 5.21. The fraction of sp³-hybridized carbons (Fsp3) is 0.263. The normalized spacial score (nSPS) is 12.9. The second-order valence-electron chi connectivity index (χ2n) is 6.51. The second kappa shape index (κ2) is 7.70.